The van der Waals surface area contributed by atoms with Crippen molar-refractivity contribution in [1.29, 1.82) is 0 Å². The molecule has 112 valence electrons. The lowest BCUT2D eigenvalue weighted by molar-refractivity contribution is -0.384. The summed E-state index contributed by atoms with van der Waals surface area (Å²) < 4.78 is 0. The molecule has 1 amide bonds. The summed E-state index contributed by atoms with van der Waals surface area (Å²) >= 11 is 0. The van der Waals surface area contributed by atoms with Crippen LogP contribution >= 0.6 is 0 Å². The van der Waals surface area contributed by atoms with E-state index in [-0.39, 0.29) is 11.6 Å². The highest BCUT2D eigenvalue weighted by Crippen LogP contribution is 2.15. The predicted molar refractivity (Wildman–Crippen MR) is 80.9 cm³/mol. The van der Waals surface area contributed by atoms with Crippen molar-refractivity contribution in [3.63, 3.8) is 0 Å². The Morgan fingerprint density at radius 3 is 2.10 bits per heavy atom. The van der Waals surface area contributed by atoms with Gasteiger partial charge in [-0.1, -0.05) is 27.7 Å². The number of non-ortho nitro benzene ring substituents is 1. The lowest BCUT2D eigenvalue weighted by atomic mass is 10.3. The third kappa shape index (κ3) is 6.29. The molecule has 1 N–H and O–H groups in total. The zero-order chi connectivity index (χ0) is 15.5. The Hall–Kier alpha value is -1.95. The number of carbonyl (C=O) groups excluding carboxylic acids is 1. The molecule has 0 aliphatic heterocycles. The van der Waals surface area contributed by atoms with Crippen LogP contribution in [0.15, 0.2) is 24.3 Å². The smallest absolute Gasteiger partial charge is 0.269 e. The van der Waals surface area contributed by atoms with Gasteiger partial charge in [-0.05, 0) is 25.2 Å². The zero-order valence-corrected chi connectivity index (χ0v) is 12.5. The third-order valence-corrected chi connectivity index (χ3v) is 2.62. The van der Waals surface area contributed by atoms with Gasteiger partial charge in [-0.25, -0.2) is 0 Å². The number of anilines is 1. The summed E-state index contributed by atoms with van der Waals surface area (Å²) in [5, 5.41) is 13.2. The van der Waals surface area contributed by atoms with E-state index in [9.17, 15) is 14.9 Å². The van der Waals surface area contributed by atoms with Crippen LogP contribution in [0, 0.1) is 10.1 Å². The Morgan fingerprint density at radius 2 is 1.70 bits per heavy atom. The molecule has 0 spiro atoms. The zero-order valence-electron chi connectivity index (χ0n) is 12.5. The first-order valence-electron chi connectivity index (χ1n) is 6.83. The number of nitrogens with zero attached hydrogens (tertiary/aromatic N) is 2. The van der Waals surface area contributed by atoms with Gasteiger partial charge in [0.05, 0.1) is 11.5 Å². The van der Waals surface area contributed by atoms with Crippen molar-refractivity contribution in [2.75, 3.05) is 25.0 Å². The molecule has 6 heteroatoms. The number of carbonyl (C=O) groups is 1. The average molecular weight is 281 g/mol. The molecule has 1 aromatic rings. The number of hydrogen-bond donors (Lipinski definition) is 1. The van der Waals surface area contributed by atoms with Crippen molar-refractivity contribution in [2.45, 2.75) is 27.7 Å². The fraction of sp³-hybridized carbons (Fsp3) is 0.500. The topological polar surface area (TPSA) is 75.5 Å². The quantitative estimate of drug-likeness (QED) is 0.642. The van der Waals surface area contributed by atoms with Crippen LogP contribution in [0.25, 0.3) is 0 Å². The molecule has 0 aliphatic rings. The highest BCUT2D eigenvalue weighted by atomic mass is 16.6. The first kappa shape index (κ1) is 18.0. The monoisotopic (exact) mass is 281 g/mol. The Bertz CT molecular complexity index is 414. The summed E-state index contributed by atoms with van der Waals surface area (Å²) in [7, 11) is 0. The van der Waals surface area contributed by atoms with Crippen LogP contribution < -0.4 is 5.32 Å². The van der Waals surface area contributed by atoms with Crippen molar-refractivity contribution in [2.24, 2.45) is 0 Å². The summed E-state index contributed by atoms with van der Waals surface area (Å²) in [6.07, 6.45) is 0. The van der Waals surface area contributed by atoms with E-state index in [0.717, 1.165) is 13.1 Å². The Balaban J connectivity index is 0.00000172. The van der Waals surface area contributed by atoms with Gasteiger partial charge in [0, 0.05) is 17.8 Å². The average Bonchev–Trinajstić information content (AvgIpc) is 2.47. The van der Waals surface area contributed by atoms with Crippen molar-refractivity contribution < 1.29 is 9.72 Å². The van der Waals surface area contributed by atoms with Crippen LogP contribution in [0.3, 0.4) is 0 Å². The number of hydrogen-bond acceptors (Lipinski definition) is 4. The molecule has 0 saturated heterocycles. The van der Waals surface area contributed by atoms with Crippen LogP contribution in [0.4, 0.5) is 11.4 Å². The van der Waals surface area contributed by atoms with Crippen LogP contribution in [0.1, 0.15) is 27.7 Å². The molecule has 0 heterocycles. The molecule has 1 aromatic carbocycles. The Morgan fingerprint density at radius 1 is 1.20 bits per heavy atom. The number of nitro groups is 1. The summed E-state index contributed by atoms with van der Waals surface area (Å²) in [4.78, 5) is 23.7. The molecule has 0 saturated carbocycles. The molecule has 0 fully saturated rings. The molecule has 1 rings (SSSR count). The molecule has 0 aromatic heterocycles. The maximum absolute atomic E-state index is 11.7. The van der Waals surface area contributed by atoms with E-state index < -0.39 is 4.92 Å². The minimum absolute atomic E-state index is 0.0109. The summed E-state index contributed by atoms with van der Waals surface area (Å²) in [6.45, 7) is 9.92. The van der Waals surface area contributed by atoms with Gasteiger partial charge in [0.2, 0.25) is 5.91 Å². The molecule has 20 heavy (non-hydrogen) atoms. The van der Waals surface area contributed by atoms with Gasteiger partial charge in [-0.15, -0.1) is 0 Å². The van der Waals surface area contributed by atoms with Crippen molar-refractivity contribution in [3.8, 4) is 0 Å². The van der Waals surface area contributed by atoms with Gasteiger partial charge in [0.15, 0.2) is 0 Å². The van der Waals surface area contributed by atoms with E-state index in [2.05, 4.69) is 5.32 Å². The van der Waals surface area contributed by atoms with Gasteiger partial charge in [0.25, 0.3) is 5.69 Å². The highest BCUT2D eigenvalue weighted by molar-refractivity contribution is 5.92. The molecule has 0 unspecified atom stereocenters. The summed E-state index contributed by atoms with van der Waals surface area (Å²) in [5.41, 5.74) is 0.578. The second kappa shape index (κ2) is 9.91. The van der Waals surface area contributed by atoms with Crippen LogP contribution in [-0.2, 0) is 4.79 Å². The molecule has 0 bridgehead atoms. The first-order valence-corrected chi connectivity index (χ1v) is 6.83. The van der Waals surface area contributed by atoms with E-state index in [1.165, 1.54) is 24.3 Å². The molecule has 0 atom stereocenters. The van der Waals surface area contributed by atoms with Crippen LogP contribution in [0.5, 0.6) is 0 Å². The number of benzene rings is 1. The normalized spacial score (nSPS) is 9.65. The minimum atomic E-state index is -0.471. The van der Waals surface area contributed by atoms with Gasteiger partial charge < -0.3 is 5.32 Å². The van der Waals surface area contributed by atoms with Crippen molar-refractivity contribution in [3.05, 3.63) is 34.4 Å². The predicted octanol–water partition coefficient (Wildman–Crippen LogP) is 2.90. The number of likely N-dealkylation sites (N-methyl/N-ethyl adjacent to an activating group) is 1. The second-order valence-electron chi connectivity index (χ2n) is 3.81. The largest absolute Gasteiger partial charge is 0.325 e. The van der Waals surface area contributed by atoms with Crippen LogP contribution in [-0.4, -0.2) is 35.4 Å². The Labute approximate surface area is 119 Å². The first-order chi connectivity index (χ1) is 9.56. The van der Waals surface area contributed by atoms with Gasteiger partial charge in [-0.2, -0.15) is 0 Å². The summed E-state index contributed by atoms with van der Waals surface area (Å²) in [5.74, 6) is -0.118. The number of rotatable bonds is 6. The fourth-order valence-corrected chi connectivity index (χ4v) is 1.52. The second-order valence-corrected chi connectivity index (χ2v) is 3.81. The van der Waals surface area contributed by atoms with Crippen molar-refractivity contribution >= 4 is 17.3 Å². The van der Waals surface area contributed by atoms with Crippen molar-refractivity contribution in [1.82, 2.24) is 4.90 Å². The highest BCUT2D eigenvalue weighted by Gasteiger charge is 2.09. The lowest BCUT2D eigenvalue weighted by Gasteiger charge is -2.17. The van der Waals surface area contributed by atoms with Gasteiger partial charge in [0.1, 0.15) is 0 Å². The standard InChI is InChI=1S/C12H17N3O3.C2H6/c1-3-14(4-2)9-12(16)13-10-5-7-11(8-6-10)15(17)18;1-2/h5-8H,3-4,9H2,1-2H3,(H,13,16);1-2H3. The molecular formula is C14H23N3O3. The number of amides is 1. The maximum Gasteiger partial charge on any atom is 0.269 e. The SMILES string of the molecule is CC.CCN(CC)CC(=O)Nc1ccc([N+](=O)[O-])cc1. The number of nitrogens with one attached hydrogen (secondary N) is 1. The number of nitro benzene ring substituents is 1. The van der Waals surface area contributed by atoms with E-state index in [0.29, 0.717) is 12.2 Å². The Kier molecular flexibility index (Phi) is 8.95. The molecular weight excluding hydrogens is 258 g/mol. The molecule has 0 aliphatic carbocycles. The van der Waals surface area contributed by atoms with E-state index in [1.54, 1.807) is 0 Å². The summed E-state index contributed by atoms with van der Waals surface area (Å²) in [6, 6.07) is 5.79. The van der Waals surface area contributed by atoms with E-state index in [4.69, 9.17) is 0 Å². The third-order valence-electron chi connectivity index (χ3n) is 2.62. The van der Waals surface area contributed by atoms with E-state index in [1.807, 2.05) is 32.6 Å². The van der Waals surface area contributed by atoms with Crippen LogP contribution in [0.2, 0.25) is 0 Å². The molecule has 0 radical (unpaired) electrons. The maximum atomic E-state index is 11.7. The lowest BCUT2D eigenvalue weighted by Crippen LogP contribution is -2.32. The van der Waals surface area contributed by atoms with Gasteiger partial charge >= 0.3 is 0 Å². The molecule has 6 nitrogen and oxygen atoms in total. The fourth-order valence-electron chi connectivity index (χ4n) is 1.52. The minimum Gasteiger partial charge on any atom is -0.325 e. The van der Waals surface area contributed by atoms with Gasteiger partial charge in [-0.3, -0.25) is 19.8 Å². The van der Waals surface area contributed by atoms with E-state index >= 15 is 0 Å².